The first-order valence-corrected chi connectivity index (χ1v) is 7.31. The van der Waals surface area contributed by atoms with Crippen molar-refractivity contribution in [3.8, 4) is 0 Å². The van der Waals surface area contributed by atoms with E-state index < -0.39 is 5.37 Å². The average Bonchev–Trinajstić information content (AvgIpc) is 2.91. The van der Waals surface area contributed by atoms with Crippen molar-refractivity contribution in [1.29, 1.82) is 0 Å². The second-order valence-electron chi connectivity index (χ2n) is 4.68. The van der Waals surface area contributed by atoms with Crippen molar-refractivity contribution in [2.45, 2.75) is 44.9 Å². The van der Waals surface area contributed by atoms with Gasteiger partial charge in [-0.25, -0.2) is 4.79 Å². The molecule has 1 aliphatic rings. The molecule has 5 heteroatoms. The summed E-state index contributed by atoms with van der Waals surface area (Å²) in [7, 11) is 0. The lowest BCUT2D eigenvalue weighted by atomic mass is 10.0. The zero-order valence-electron chi connectivity index (χ0n) is 11.3. The van der Waals surface area contributed by atoms with E-state index in [0.717, 1.165) is 25.9 Å². The van der Waals surface area contributed by atoms with Gasteiger partial charge < -0.3 is 9.64 Å². The minimum Gasteiger partial charge on any atom is -0.463 e. The molecule has 2 atom stereocenters. The summed E-state index contributed by atoms with van der Waals surface area (Å²) in [6.45, 7) is 6.31. The molecule has 0 saturated heterocycles. The summed E-state index contributed by atoms with van der Waals surface area (Å²) in [4.78, 5) is 17.7. The highest BCUT2D eigenvalue weighted by molar-refractivity contribution is 7.81. The molecule has 0 bridgehead atoms. The molecule has 0 radical (unpaired) electrons. The zero-order chi connectivity index (χ0) is 13.4. The van der Waals surface area contributed by atoms with E-state index in [0.29, 0.717) is 12.5 Å². The molecule has 0 saturated carbocycles. The number of esters is 1. The molecule has 0 aromatic heterocycles. The summed E-state index contributed by atoms with van der Waals surface area (Å²) in [5.74, 6) is 0.211. The lowest BCUT2D eigenvalue weighted by molar-refractivity contribution is -0.146. The standard InChI is InChI=1S/C13H24N2O2S/c1-3-5-6-11(4-2)9-17-13(16)12(18)15-8-7-14-10-15/h10-12,18H,3-9H2,1-2H3. The second-order valence-corrected chi connectivity index (χ2v) is 5.17. The van der Waals surface area contributed by atoms with Gasteiger partial charge in [-0.2, -0.15) is 0 Å². The number of rotatable bonds is 8. The van der Waals surface area contributed by atoms with Crippen LogP contribution in [0.1, 0.15) is 39.5 Å². The Kier molecular flexibility index (Phi) is 7.16. The van der Waals surface area contributed by atoms with E-state index in [4.69, 9.17) is 4.74 Å². The summed E-state index contributed by atoms with van der Waals surface area (Å²) in [6, 6.07) is 0. The van der Waals surface area contributed by atoms with Crippen LogP contribution in [0, 0.1) is 5.92 Å². The maximum absolute atomic E-state index is 11.8. The van der Waals surface area contributed by atoms with E-state index in [2.05, 4.69) is 31.5 Å². The first-order valence-electron chi connectivity index (χ1n) is 6.79. The molecule has 0 N–H and O–H groups in total. The van der Waals surface area contributed by atoms with Gasteiger partial charge in [-0.1, -0.05) is 33.1 Å². The van der Waals surface area contributed by atoms with Gasteiger partial charge in [0.15, 0.2) is 5.37 Å². The normalized spacial score (nSPS) is 17.8. The van der Waals surface area contributed by atoms with Crippen molar-refractivity contribution in [3.63, 3.8) is 0 Å². The van der Waals surface area contributed by atoms with Gasteiger partial charge in [0.2, 0.25) is 0 Å². The predicted molar refractivity (Wildman–Crippen MR) is 77.1 cm³/mol. The number of hydrogen-bond donors (Lipinski definition) is 1. The maximum atomic E-state index is 11.8. The number of thiol groups is 1. The Bertz CT molecular complexity index is 284. The Morgan fingerprint density at radius 3 is 2.89 bits per heavy atom. The smallest absolute Gasteiger partial charge is 0.339 e. The quantitative estimate of drug-likeness (QED) is 0.545. The number of carbonyl (C=O) groups excluding carboxylic acids is 1. The van der Waals surface area contributed by atoms with E-state index in [9.17, 15) is 4.79 Å². The van der Waals surface area contributed by atoms with Crippen LogP contribution in [0.15, 0.2) is 4.99 Å². The molecule has 4 nitrogen and oxygen atoms in total. The van der Waals surface area contributed by atoms with Crippen molar-refractivity contribution >= 4 is 24.9 Å². The molecule has 1 aliphatic heterocycles. The van der Waals surface area contributed by atoms with Gasteiger partial charge in [0.05, 0.1) is 19.5 Å². The van der Waals surface area contributed by atoms with E-state index >= 15 is 0 Å². The third-order valence-corrected chi connectivity index (χ3v) is 3.75. The molecular weight excluding hydrogens is 248 g/mol. The lowest BCUT2D eigenvalue weighted by Crippen LogP contribution is -2.37. The zero-order valence-corrected chi connectivity index (χ0v) is 12.2. The number of unbranched alkanes of at least 4 members (excludes halogenated alkanes) is 1. The van der Waals surface area contributed by atoms with Crippen LogP contribution in [-0.4, -0.2) is 42.3 Å². The first-order chi connectivity index (χ1) is 8.69. The molecule has 104 valence electrons. The van der Waals surface area contributed by atoms with Crippen molar-refractivity contribution in [2.75, 3.05) is 19.7 Å². The van der Waals surface area contributed by atoms with Crippen LogP contribution < -0.4 is 0 Å². The van der Waals surface area contributed by atoms with Gasteiger partial charge in [-0.3, -0.25) is 4.99 Å². The van der Waals surface area contributed by atoms with Gasteiger partial charge in [0.25, 0.3) is 0 Å². The first kappa shape index (κ1) is 15.3. The molecule has 18 heavy (non-hydrogen) atoms. The topological polar surface area (TPSA) is 41.9 Å². The van der Waals surface area contributed by atoms with Crippen molar-refractivity contribution < 1.29 is 9.53 Å². The van der Waals surface area contributed by atoms with Crippen LogP contribution in [0.2, 0.25) is 0 Å². The minimum atomic E-state index is -0.514. The average molecular weight is 272 g/mol. The molecule has 0 spiro atoms. The summed E-state index contributed by atoms with van der Waals surface area (Å²) in [5.41, 5.74) is 0. The summed E-state index contributed by atoms with van der Waals surface area (Å²) >= 11 is 4.28. The lowest BCUT2D eigenvalue weighted by Gasteiger charge is -2.22. The highest BCUT2D eigenvalue weighted by Gasteiger charge is 2.24. The summed E-state index contributed by atoms with van der Waals surface area (Å²) in [6.07, 6.45) is 6.23. The summed E-state index contributed by atoms with van der Waals surface area (Å²) < 4.78 is 5.35. The number of carbonyl (C=O) groups is 1. The monoisotopic (exact) mass is 272 g/mol. The van der Waals surface area contributed by atoms with Crippen LogP contribution in [-0.2, 0) is 9.53 Å². The minimum absolute atomic E-state index is 0.262. The van der Waals surface area contributed by atoms with Gasteiger partial charge in [0, 0.05) is 6.54 Å². The predicted octanol–water partition coefficient (Wildman–Crippen LogP) is 2.35. The van der Waals surface area contributed by atoms with Gasteiger partial charge in [-0.15, -0.1) is 12.6 Å². The molecule has 0 amide bonds. The van der Waals surface area contributed by atoms with Gasteiger partial charge >= 0.3 is 5.97 Å². The van der Waals surface area contributed by atoms with Gasteiger partial charge in [-0.05, 0) is 12.3 Å². The molecule has 2 unspecified atom stereocenters. The Morgan fingerprint density at radius 2 is 2.33 bits per heavy atom. The molecule has 1 rings (SSSR count). The molecular formula is C13H24N2O2S. The van der Waals surface area contributed by atoms with Crippen LogP contribution in [0.4, 0.5) is 0 Å². The van der Waals surface area contributed by atoms with Crippen LogP contribution in [0.5, 0.6) is 0 Å². The molecule has 0 aromatic rings. The number of nitrogens with zero attached hydrogens (tertiary/aromatic N) is 2. The molecule has 0 aliphatic carbocycles. The van der Waals surface area contributed by atoms with Crippen LogP contribution in [0.25, 0.3) is 0 Å². The van der Waals surface area contributed by atoms with Gasteiger partial charge in [0.1, 0.15) is 0 Å². The number of aliphatic imine (C=N–C) groups is 1. The Morgan fingerprint density at radius 1 is 1.56 bits per heavy atom. The molecule has 0 aromatic carbocycles. The number of ether oxygens (including phenoxy) is 1. The van der Waals surface area contributed by atoms with E-state index in [1.54, 1.807) is 11.2 Å². The van der Waals surface area contributed by atoms with Crippen molar-refractivity contribution in [3.05, 3.63) is 0 Å². The number of hydrogen-bond acceptors (Lipinski definition) is 5. The molecule has 0 fully saturated rings. The van der Waals surface area contributed by atoms with Crippen molar-refractivity contribution in [1.82, 2.24) is 4.90 Å². The highest BCUT2D eigenvalue weighted by Crippen LogP contribution is 2.14. The summed E-state index contributed by atoms with van der Waals surface area (Å²) in [5, 5.41) is -0.514. The third-order valence-electron chi connectivity index (χ3n) is 3.25. The van der Waals surface area contributed by atoms with Crippen LogP contribution >= 0.6 is 12.6 Å². The fourth-order valence-corrected chi connectivity index (χ4v) is 2.14. The van der Waals surface area contributed by atoms with Crippen LogP contribution in [0.3, 0.4) is 0 Å². The molecule has 1 heterocycles. The Hall–Kier alpha value is -0.710. The fraction of sp³-hybridized carbons (Fsp3) is 0.846. The maximum Gasteiger partial charge on any atom is 0.339 e. The van der Waals surface area contributed by atoms with E-state index in [1.807, 2.05) is 0 Å². The van der Waals surface area contributed by atoms with E-state index in [-0.39, 0.29) is 5.97 Å². The third kappa shape index (κ3) is 4.88. The largest absolute Gasteiger partial charge is 0.463 e. The highest BCUT2D eigenvalue weighted by atomic mass is 32.1. The second kappa shape index (κ2) is 8.40. The SMILES string of the molecule is CCCCC(CC)COC(=O)C(S)N1C=NCC1. The van der Waals surface area contributed by atoms with E-state index in [1.165, 1.54) is 12.8 Å². The van der Waals surface area contributed by atoms with Crippen molar-refractivity contribution in [2.24, 2.45) is 10.9 Å². The fourth-order valence-electron chi connectivity index (χ4n) is 1.89. The Labute approximate surface area is 115 Å². The Balaban J connectivity index is 2.27.